The molecule has 0 bridgehead atoms. The molecule has 1 aromatic rings. The van der Waals surface area contributed by atoms with Crippen molar-refractivity contribution in [1.82, 2.24) is 5.32 Å². The average molecular weight is 323 g/mol. The van der Waals surface area contributed by atoms with Crippen LogP contribution in [0.1, 0.15) is 18.4 Å². The van der Waals surface area contributed by atoms with Crippen molar-refractivity contribution in [2.45, 2.75) is 19.3 Å². The number of amides is 1. The maximum Gasteiger partial charge on any atom is 0.224 e. The molecule has 1 amide bonds. The van der Waals surface area contributed by atoms with E-state index in [-0.39, 0.29) is 17.9 Å². The number of rotatable bonds is 6. The van der Waals surface area contributed by atoms with Gasteiger partial charge in [-0.3, -0.25) is 4.79 Å². The van der Waals surface area contributed by atoms with Gasteiger partial charge in [0, 0.05) is 22.5 Å². The molecular formula is C12H14BrClFNO. The number of unbranched alkanes of at least 4 members (excludes halogenated alkanes) is 1. The first kappa shape index (κ1) is 14.5. The van der Waals surface area contributed by atoms with Crippen molar-refractivity contribution in [2.75, 3.05) is 11.9 Å². The van der Waals surface area contributed by atoms with Crippen LogP contribution in [0.5, 0.6) is 0 Å². The van der Waals surface area contributed by atoms with Crippen LogP contribution in [0.3, 0.4) is 0 Å². The normalized spacial score (nSPS) is 10.3. The number of carbonyl (C=O) groups is 1. The van der Waals surface area contributed by atoms with Gasteiger partial charge in [0.15, 0.2) is 0 Å². The molecule has 17 heavy (non-hydrogen) atoms. The number of carbonyl (C=O) groups excluding carboxylic acids is 1. The molecule has 1 aromatic carbocycles. The maximum atomic E-state index is 13.4. The van der Waals surface area contributed by atoms with Crippen LogP contribution in [0.2, 0.25) is 5.02 Å². The molecule has 0 aromatic heterocycles. The Hall–Kier alpha value is -0.610. The minimum Gasteiger partial charge on any atom is -0.356 e. The van der Waals surface area contributed by atoms with Gasteiger partial charge < -0.3 is 5.32 Å². The summed E-state index contributed by atoms with van der Waals surface area (Å²) in [6.07, 6.45) is 1.89. The summed E-state index contributed by atoms with van der Waals surface area (Å²) < 4.78 is 13.4. The fourth-order valence-electron chi connectivity index (χ4n) is 1.37. The Kier molecular flexibility index (Phi) is 6.52. The lowest BCUT2D eigenvalue weighted by atomic mass is 10.1. The van der Waals surface area contributed by atoms with E-state index < -0.39 is 5.82 Å². The SMILES string of the molecule is O=C(Cc1c(F)cccc1Cl)NCCCCBr. The van der Waals surface area contributed by atoms with Crippen LogP contribution in [0.4, 0.5) is 4.39 Å². The molecule has 0 radical (unpaired) electrons. The summed E-state index contributed by atoms with van der Waals surface area (Å²) in [5, 5.41) is 3.95. The molecule has 0 aliphatic carbocycles. The van der Waals surface area contributed by atoms with Crippen LogP contribution in [-0.2, 0) is 11.2 Å². The first-order valence-electron chi connectivity index (χ1n) is 5.40. The van der Waals surface area contributed by atoms with Crippen LogP contribution < -0.4 is 5.32 Å². The third kappa shape index (κ3) is 5.04. The molecule has 2 nitrogen and oxygen atoms in total. The molecule has 0 saturated heterocycles. The summed E-state index contributed by atoms with van der Waals surface area (Å²) in [4.78, 5) is 11.5. The predicted molar refractivity (Wildman–Crippen MR) is 71.2 cm³/mol. The second-order valence-corrected chi connectivity index (χ2v) is 4.82. The third-order valence-corrected chi connectivity index (χ3v) is 3.20. The van der Waals surface area contributed by atoms with E-state index in [9.17, 15) is 9.18 Å². The summed E-state index contributed by atoms with van der Waals surface area (Å²) in [7, 11) is 0. The number of benzene rings is 1. The van der Waals surface area contributed by atoms with Crippen molar-refractivity contribution in [1.29, 1.82) is 0 Å². The van der Waals surface area contributed by atoms with Gasteiger partial charge in [-0.15, -0.1) is 0 Å². The zero-order valence-electron chi connectivity index (χ0n) is 9.31. The molecule has 0 unspecified atom stereocenters. The molecule has 0 atom stereocenters. The topological polar surface area (TPSA) is 29.1 Å². The molecule has 0 spiro atoms. The zero-order valence-corrected chi connectivity index (χ0v) is 11.7. The van der Waals surface area contributed by atoms with Crippen LogP contribution in [0.25, 0.3) is 0 Å². The number of hydrogen-bond acceptors (Lipinski definition) is 1. The molecule has 1 N–H and O–H groups in total. The fraction of sp³-hybridized carbons (Fsp3) is 0.417. The van der Waals surface area contributed by atoms with Gasteiger partial charge in [0.05, 0.1) is 6.42 Å². The molecule has 0 aliphatic rings. The highest BCUT2D eigenvalue weighted by atomic mass is 79.9. The van der Waals surface area contributed by atoms with Gasteiger partial charge in [-0.1, -0.05) is 33.6 Å². The number of alkyl halides is 1. The highest BCUT2D eigenvalue weighted by molar-refractivity contribution is 9.09. The Morgan fingerprint density at radius 3 is 2.82 bits per heavy atom. The largest absolute Gasteiger partial charge is 0.356 e. The zero-order chi connectivity index (χ0) is 12.7. The first-order valence-corrected chi connectivity index (χ1v) is 6.90. The van der Waals surface area contributed by atoms with Gasteiger partial charge in [0.2, 0.25) is 5.91 Å². The van der Waals surface area contributed by atoms with Gasteiger partial charge in [0.25, 0.3) is 0 Å². The van der Waals surface area contributed by atoms with Crippen molar-refractivity contribution in [3.8, 4) is 0 Å². The van der Waals surface area contributed by atoms with Crippen molar-refractivity contribution in [3.63, 3.8) is 0 Å². The number of halogens is 3. The van der Waals surface area contributed by atoms with Crippen molar-refractivity contribution >= 4 is 33.4 Å². The number of hydrogen-bond donors (Lipinski definition) is 1. The van der Waals surface area contributed by atoms with Gasteiger partial charge in [0.1, 0.15) is 5.82 Å². The van der Waals surface area contributed by atoms with Gasteiger partial charge >= 0.3 is 0 Å². The van der Waals surface area contributed by atoms with Gasteiger partial charge in [-0.2, -0.15) is 0 Å². The Labute approximate surface area is 114 Å². The minimum absolute atomic E-state index is 0.0141. The lowest BCUT2D eigenvalue weighted by Crippen LogP contribution is -2.26. The van der Waals surface area contributed by atoms with E-state index >= 15 is 0 Å². The predicted octanol–water partition coefficient (Wildman–Crippen LogP) is 3.31. The van der Waals surface area contributed by atoms with Crippen LogP contribution in [0, 0.1) is 5.82 Å². The van der Waals surface area contributed by atoms with E-state index in [0.29, 0.717) is 11.6 Å². The highest BCUT2D eigenvalue weighted by Crippen LogP contribution is 2.19. The van der Waals surface area contributed by atoms with Crippen molar-refractivity contribution in [2.24, 2.45) is 0 Å². The summed E-state index contributed by atoms with van der Waals surface area (Å²) in [5.41, 5.74) is 0.257. The van der Waals surface area contributed by atoms with Crippen molar-refractivity contribution < 1.29 is 9.18 Å². The third-order valence-electron chi connectivity index (χ3n) is 2.28. The van der Waals surface area contributed by atoms with E-state index in [0.717, 1.165) is 18.2 Å². The van der Waals surface area contributed by atoms with E-state index in [4.69, 9.17) is 11.6 Å². The summed E-state index contributed by atoms with van der Waals surface area (Å²) >= 11 is 9.14. The molecule has 94 valence electrons. The quantitative estimate of drug-likeness (QED) is 0.632. The smallest absolute Gasteiger partial charge is 0.224 e. The molecule has 0 heterocycles. The number of nitrogens with one attached hydrogen (secondary N) is 1. The lowest BCUT2D eigenvalue weighted by molar-refractivity contribution is -0.120. The summed E-state index contributed by atoms with van der Waals surface area (Å²) in [6.45, 7) is 0.608. The highest BCUT2D eigenvalue weighted by Gasteiger charge is 2.11. The Bertz CT molecular complexity index is 367. The van der Waals surface area contributed by atoms with E-state index in [2.05, 4.69) is 21.2 Å². The van der Waals surface area contributed by atoms with Crippen LogP contribution in [0.15, 0.2) is 18.2 Å². The maximum absolute atomic E-state index is 13.4. The molecular weight excluding hydrogens is 308 g/mol. The lowest BCUT2D eigenvalue weighted by Gasteiger charge is -2.07. The molecule has 0 aliphatic heterocycles. The van der Waals surface area contributed by atoms with Gasteiger partial charge in [-0.05, 0) is 25.0 Å². The Morgan fingerprint density at radius 1 is 1.41 bits per heavy atom. The first-order chi connectivity index (χ1) is 8.15. The van der Waals surface area contributed by atoms with E-state index in [1.807, 2.05) is 0 Å². The summed E-state index contributed by atoms with van der Waals surface area (Å²) in [6, 6.07) is 4.41. The van der Waals surface area contributed by atoms with Gasteiger partial charge in [-0.25, -0.2) is 4.39 Å². The van der Waals surface area contributed by atoms with E-state index in [1.54, 1.807) is 6.07 Å². The second kappa shape index (κ2) is 7.67. The van der Waals surface area contributed by atoms with E-state index in [1.165, 1.54) is 12.1 Å². The Morgan fingerprint density at radius 2 is 2.18 bits per heavy atom. The molecule has 0 fully saturated rings. The van der Waals surface area contributed by atoms with Crippen molar-refractivity contribution in [3.05, 3.63) is 34.6 Å². The fourth-order valence-corrected chi connectivity index (χ4v) is 2.00. The molecule has 5 heteroatoms. The minimum atomic E-state index is -0.437. The summed E-state index contributed by atoms with van der Waals surface area (Å²) in [5.74, 6) is -0.639. The molecule has 0 saturated carbocycles. The second-order valence-electron chi connectivity index (χ2n) is 3.62. The van der Waals surface area contributed by atoms with Crippen LogP contribution in [-0.4, -0.2) is 17.8 Å². The standard InChI is InChI=1S/C12H14BrClFNO/c13-6-1-2-7-16-12(17)8-9-10(14)4-3-5-11(9)15/h3-5H,1-2,6-8H2,(H,16,17). The molecule has 1 rings (SSSR count). The van der Waals surface area contributed by atoms with Crippen LogP contribution >= 0.6 is 27.5 Å². The Balaban J connectivity index is 2.45. The monoisotopic (exact) mass is 321 g/mol. The average Bonchev–Trinajstić information content (AvgIpc) is 2.30.